The van der Waals surface area contributed by atoms with Gasteiger partial charge in [0.2, 0.25) is 0 Å². The predicted octanol–water partition coefficient (Wildman–Crippen LogP) is 7.57. The van der Waals surface area contributed by atoms with E-state index < -0.39 is 23.3 Å². The highest BCUT2D eigenvalue weighted by molar-refractivity contribution is 7.42. The van der Waals surface area contributed by atoms with Gasteiger partial charge < -0.3 is 0 Å². The average Bonchev–Trinajstić information content (AvgIpc) is 2.40. The van der Waals surface area contributed by atoms with Crippen LogP contribution in [0.3, 0.4) is 0 Å². The Morgan fingerprint density at radius 1 is 0.524 bits per heavy atom. The lowest BCUT2D eigenvalue weighted by Crippen LogP contribution is -2.61. The normalized spacial score (nSPS) is 13.7. The van der Waals surface area contributed by atoms with E-state index in [-0.39, 0.29) is 0 Å². The monoisotopic (exact) mass is 344 g/mol. The quantitative estimate of drug-likeness (QED) is 0.320. The molecule has 0 saturated heterocycles. The second kappa shape index (κ2) is 9.71. The summed E-state index contributed by atoms with van der Waals surface area (Å²) in [5.74, 6) is 0. The van der Waals surface area contributed by atoms with Gasteiger partial charge in [0, 0.05) is 23.3 Å². The molecule has 0 unspecified atom stereocenters. The van der Waals surface area contributed by atoms with Crippen molar-refractivity contribution in [1.82, 2.24) is 0 Å². The summed E-state index contributed by atoms with van der Waals surface area (Å²) in [6.07, 6.45) is 4.47. The van der Waals surface area contributed by atoms with Crippen LogP contribution in [0, 0.1) is 0 Å². The van der Waals surface area contributed by atoms with Crippen LogP contribution in [0.1, 0.15) is 53.9 Å². The molecule has 0 atom stereocenters. The lowest BCUT2D eigenvalue weighted by Gasteiger charge is -2.48. The van der Waals surface area contributed by atoms with Gasteiger partial charge >= 0.3 is 0 Å². The topological polar surface area (TPSA) is 0 Å². The Hall–Kier alpha value is 0.651. The zero-order valence-corrected chi connectivity index (χ0v) is 19.6. The van der Waals surface area contributed by atoms with Crippen molar-refractivity contribution in [2.24, 2.45) is 0 Å². The molecule has 0 radical (unpaired) electrons. The molecule has 0 saturated carbocycles. The van der Waals surface area contributed by atoms with E-state index in [1.165, 1.54) is 12.8 Å². The fourth-order valence-corrected chi connectivity index (χ4v) is 29.0. The molecule has 21 heavy (non-hydrogen) atoms. The minimum absolute atomic E-state index is 0.855. The van der Waals surface area contributed by atoms with E-state index in [1.54, 1.807) is 48.7 Å². The zero-order valence-electron chi connectivity index (χ0n) is 16.6. The van der Waals surface area contributed by atoms with Crippen LogP contribution in [0.5, 0.6) is 0 Å². The molecule has 0 rings (SSSR count). The Kier molecular flexibility index (Phi) is 10.0. The van der Waals surface area contributed by atoms with Gasteiger partial charge in [-0.25, -0.2) is 0 Å². The first-order valence-electron chi connectivity index (χ1n) is 9.76. The number of hydrogen-bond acceptors (Lipinski definition) is 0. The van der Waals surface area contributed by atoms with E-state index in [0.717, 1.165) is 0 Å². The van der Waals surface area contributed by atoms with Gasteiger partial charge in [-0.3, -0.25) is 0 Å². The van der Waals surface area contributed by atoms with E-state index in [0.29, 0.717) is 0 Å². The Balaban J connectivity index is 5.31. The molecule has 0 spiro atoms. The Morgan fingerprint density at radius 2 is 0.952 bits per heavy atom. The van der Waals surface area contributed by atoms with E-state index in [4.69, 9.17) is 0 Å². The highest BCUT2D eigenvalue weighted by Crippen LogP contribution is 2.42. The summed E-state index contributed by atoms with van der Waals surface area (Å²) in [4.78, 5) is 0. The number of rotatable bonds is 12. The Morgan fingerprint density at radius 3 is 1.24 bits per heavy atom. The van der Waals surface area contributed by atoms with Crippen LogP contribution < -0.4 is 0 Å². The van der Waals surface area contributed by atoms with Crippen LogP contribution in [0.4, 0.5) is 0 Å². The second-order valence-corrected chi connectivity index (χ2v) is 29.3. The first-order valence-corrected chi connectivity index (χ1v) is 19.7. The summed E-state index contributed by atoms with van der Waals surface area (Å²) in [5, 5.41) is 0. The Labute approximate surface area is 139 Å². The largest absolute Gasteiger partial charge is 0.0695 e. The van der Waals surface area contributed by atoms with E-state index >= 15 is 0 Å². The third-order valence-corrected chi connectivity index (χ3v) is 30.8. The van der Waals surface area contributed by atoms with Crippen LogP contribution in [0.25, 0.3) is 0 Å². The molecule has 0 aliphatic carbocycles. The fraction of sp³-hybridized carbons (Fsp3) is 1.00. The van der Waals surface area contributed by atoms with Gasteiger partial charge in [-0.1, -0.05) is 116 Å². The van der Waals surface area contributed by atoms with Crippen LogP contribution in [0.2, 0.25) is 61.9 Å². The SMILES string of the molecule is CCC[Si](CCC)(CCC[Si](C)(C)C)[Si](CC)(CC)CC. The minimum Gasteiger partial charge on any atom is -0.0695 e. The van der Waals surface area contributed by atoms with Crippen molar-refractivity contribution >= 4 is 23.3 Å². The Bertz CT molecular complexity index is 250. The van der Waals surface area contributed by atoms with Gasteiger partial charge in [-0.2, -0.15) is 0 Å². The molecule has 0 aliphatic heterocycles. The van der Waals surface area contributed by atoms with Crippen LogP contribution >= 0.6 is 0 Å². The van der Waals surface area contributed by atoms with Gasteiger partial charge in [0.25, 0.3) is 0 Å². The second-order valence-electron chi connectivity index (χ2n) is 8.54. The summed E-state index contributed by atoms with van der Waals surface area (Å²) < 4.78 is 0. The molecule has 0 fully saturated rings. The molecule has 128 valence electrons. The molecule has 0 aromatic heterocycles. The van der Waals surface area contributed by atoms with Gasteiger partial charge in [0.1, 0.15) is 0 Å². The molecule has 0 bridgehead atoms. The van der Waals surface area contributed by atoms with E-state index in [1.807, 2.05) is 0 Å². The summed E-state index contributed by atoms with van der Waals surface area (Å²) in [7, 11) is -2.85. The van der Waals surface area contributed by atoms with Gasteiger partial charge in [-0.05, 0) is 0 Å². The maximum Gasteiger partial charge on any atom is 0.0478 e. The van der Waals surface area contributed by atoms with Gasteiger partial charge in [0.05, 0.1) is 0 Å². The van der Waals surface area contributed by atoms with Crippen LogP contribution in [-0.2, 0) is 0 Å². The maximum atomic E-state index is 2.56. The molecule has 0 aliphatic rings. The number of hydrogen-bond donors (Lipinski definition) is 0. The highest BCUT2D eigenvalue weighted by atomic mass is 29.3. The summed E-state index contributed by atoms with van der Waals surface area (Å²) >= 11 is 0. The summed E-state index contributed by atoms with van der Waals surface area (Å²) in [6.45, 7) is 20.2. The molecule has 3 heteroatoms. The first kappa shape index (κ1) is 21.7. The third kappa shape index (κ3) is 5.98. The molecule has 0 N–H and O–H groups in total. The summed E-state index contributed by atoms with van der Waals surface area (Å²) in [6, 6.07) is 11.2. The predicted molar refractivity (Wildman–Crippen MR) is 111 cm³/mol. The fourth-order valence-electron chi connectivity index (χ4n) is 4.96. The molecule has 0 aromatic carbocycles. The smallest absolute Gasteiger partial charge is 0.0478 e. The highest BCUT2D eigenvalue weighted by Gasteiger charge is 2.49. The van der Waals surface area contributed by atoms with Gasteiger partial charge in [-0.15, -0.1) is 0 Å². The lowest BCUT2D eigenvalue weighted by molar-refractivity contribution is 0.926. The molecular weight excluding hydrogens is 300 g/mol. The van der Waals surface area contributed by atoms with Crippen molar-refractivity contribution in [2.45, 2.75) is 116 Å². The van der Waals surface area contributed by atoms with Crippen molar-refractivity contribution in [3.8, 4) is 0 Å². The van der Waals surface area contributed by atoms with Crippen LogP contribution in [0.15, 0.2) is 0 Å². The van der Waals surface area contributed by atoms with Gasteiger partial charge in [0.15, 0.2) is 0 Å². The average molecular weight is 345 g/mol. The molecule has 0 aromatic rings. The molecule has 0 amide bonds. The molecule has 0 nitrogen and oxygen atoms in total. The standard InChI is InChI=1S/C18H44Si3/c1-9-15-21(16-10-2,18-14-17-19(6,7)8)20(11-3,12-4)13-5/h9-18H2,1-8H3. The lowest BCUT2D eigenvalue weighted by atomic mass is 10.5. The third-order valence-electron chi connectivity index (χ3n) is 6.19. The summed E-state index contributed by atoms with van der Waals surface area (Å²) in [5.41, 5.74) is 0. The van der Waals surface area contributed by atoms with Crippen molar-refractivity contribution in [1.29, 1.82) is 0 Å². The molecular formula is C18H44Si3. The first-order chi connectivity index (χ1) is 9.76. The maximum absolute atomic E-state index is 2.56. The van der Waals surface area contributed by atoms with Crippen molar-refractivity contribution in [3.05, 3.63) is 0 Å². The van der Waals surface area contributed by atoms with E-state index in [2.05, 4.69) is 54.3 Å². The zero-order chi connectivity index (χ0) is 16.6. The molecule has 0 heterocycles. The minimum atomic E-state index is -1.01. The van der Waals surface area contributed by atoms with Crippen molar-refractivity contribution < 1.29 is 0 Å². The van der Waals surface area contributed by atoms with Crippen LogP contribution in [-0.4, -0.2) is 23.3 Å². The van der Waals surface area contributed by atoms with Crippen molar-refractivity contribution in [2.75, 3.05) is 0 Å². The van der Waals surface area contributed by atoms with Crippen molar-refractivity contribution in [3.63, 3.8) is 0 Å². The van der Waals surface area contributed by atoms with E-state index in [9.17, 15) is 0 Å².